The van der Waals surface area contributed by atoms with E-state index < -0.39 is 5.41 Å². The van der Waals surface area contributed by atoms with Gasteiger partial charge in [-0.25, -0.2) is 8.78 Å². The maximum atomic E-state index is 14.8. The van der Waals surface area contributed by atoms with Gasteiger partial charge in [0.2, 0.25) is 5.91 Å². The Morgan fingerprint density at radius 2 is 1.85 bits per heavy atom. The first-order valence-corrected chi connectivity index (χ1v) is 11.7. The summed E-state index contributed by atoms with van der Waals surface area (Å²) in [6.07, 6.45) is 8.73. The number of amides is 1. The fourth-order valence-electron chi connectivity index (χ4n) is 5.54. The van der Waals surface area contributed by atoms with Gasteiger partial charge in [0.25, 0.3) is 0 Å². The molecule has 0 unspecified atom stereocenters. The summed E-state index contributed by atoms with van der Waals surface area (Å²) in [7, 11) is 0. The summed E-state index contributed by atoms with van der Waals surface area (Å²) < 4.78 is 28.4. The fourth-order valence-corrected chi connectivity index (χ4v) is 5.54. The molecular formula is C27H27F2N3O. The van der Waals surface area contributed by atoms with Crippen molar-refractivity contribution in [2.75, 3.05) is 6.54 Å². The number of likely N-dealkylation sites (tertiary alicyclic amines) is 1. The molecule has 4 nitrogen and oxygen atoms in total. The lowest BCUT2D eigenvalue weighted by Crippen LogP contribution is -2.45. The van der Waals surface area contributed by atoms with Gasteiger partial charge >= 0.3 is 0 Å². The summed E-state index contributed by atoms with van der Waals surface area (Å²) in [4.78, 5) is 25.1. The summed E-state index contributed by atoms with van der Waals surface area (Å²) in [5.74, 6) is -0.579. The molecule has 3 aromatic rings. The van der Waals surface area contributed by atoms with E-state index in [1.807, 2.05) is 17.0 Å². The van der Waals surface area contributed by atoms with E-state index >= 15 is 0 Å². The summed E-state index contributed by atoms with van der Waals surface area (Å²) in [5.41, 5.74) is 2.02. The number of benzene rings is 2. The average molecular weight is 448 g/mol. The van der Waals surface area contributed by atoms with E-state index in [1.165, 1.54) is 18.2 Å². The molecule has 6 heteroatoms. The molecule has 1 aliphatic carbocycles. The quantitative estimate of drug-likeness (QED) is 0.517. The molecule has 2 heterocycles. The molecule has 1 saturated carbocycles. The van der Waals surface area contributed by atoms with Crippen LogP contribution in [0.4, 0.5) is 8.78 Å². The molecule has 1 amide bonds. The highest BCUT2D eigenvalue weighted by Crippen LogP contribution is 2.46. The lowest BCUT2D eigenvalue weighted by molar-refractivity contribution is -0.138. The Morgan fingerprint density at radius 3 is 2.64 bits per heavy atom. The number of nitrogens with zero attached hydrogens (tertiary/aromatic N) is 3. The van der Waals surface area contributed by atoms with Crippen LogP contribution in [-0.2, 0) is 16.6 Å². The molecule has 170 valence electrons. The maximum Gasteiger partial charge on any atom is 0.233 e. The van der Waals surface area contributed by atoms with Crippen molar-refractivity contribution < 1.29 is 13.6 Å². The molecule has 0 bridgehead atoms. The molecule has 1 atom stereocenters. The summed E-state index contributed by atoms with van der Waals surface area (Å²) >= 11 is 0. The number of hydrogen-bond donors (Lipinski definition) is 0. The van der Waals surface area contributed by atoms with Gasteiger partial charge in [0.1, 0.15) is 11.6 Å². The summed E-state index contributed by atoms with van der Waals surface area (Å²) in [5, 5.41) is 0. The first kappa shape index (κ1) is 21.7. The van der Waals surface area contributed by atoms with Crippen molar-refractivity contribution >= 4 is 5.91 Å². The Labute approximate surface area is 192 Å². The van der Waals surface area contributed by atoms with E-state index in [1.54, 1.807) is 30.6 Å². The van der Waals surface area contributed by atoms with Crippen molar-refractivity contribution in [3.63, 3.8) is 0 Å². The second-order valence-corrected chi connectivity index (χ2v) is 9.17. The minimum atomic E-state index is -0.805. The lowest BCUT2D eigenvalue weighted by atomic mass is 9.77. The summed E-state index contributed by atoms with van der Waals surface area (Å²) in [6, 6.07) is 13.0. The van der Waals surface area contributed by atoms with Crippen molar-refractivity contribution in [3.8, 4) is 0 Å². The molecule has 2 fully saturated rings. The molecule has 1 aromatic heterocycles. The molecule has 0 N–H and O–H groups in total. The number of rotatable bonds is 5. The Balaban J connectivity index is 1.43. The van der Waals surface area contributed by atoms with Crippen molar-refractivity contribution in [3.05, 3.63) is 95.1 Å². The van der Waals surface area contributed by atoms with Gasteiger partial charge in [0.15, 0.2) is 0 Å². The highest BCUT2D eigenvalue weighted by molar-refractivity contribution is 5.89. The molecule has 0 radical (unpaired) electrons. The third-order valence-electron chi connectivity index (χ3n) is 7.09. The average Bonchev–Trinajstić information content (AvgIpc) is 3.50. The van der Waals surface area contributed by atoms with Crippen LogP contribution < -0.4 is 0 Å². The Hall–Kier alpha value is -3.15. The van der Waals surface area contributed by atoms with Crippen molar-refractivity contribution in [2.45, 2.75) is 56.4 Å². The molecule has 2 aliphatic rings. The van der Waals surface area contributed by atoms with E-state index in [0.29, 0.717) is 31.4 Å². The zero-order valence-corrected chi connectivity index (χ0v) is 18.5. The standard InChI is InChI=1S/C27H27F2N3O/c28-20-8-5-7-19(15-20)16-21-17-30-18-24(31-21)25-11-6-14-32(25)26(33)27(12-3-4-13-27)22-9-1-2-10-23(22)29/h1-2,5,7-10,15,17-18,25H,3-4,6,11-14,16H2/t25-/m0/s1. The van der Waals surface area contributed by atoms with Gasteiger partial charge in [-0.15, -0.1) is 0 Å². The molecular weight excluding hydrogens is 420 g/mol. The molecule has 2 aromatic carbocycles. The van der Waals surface area contributed by atoms with E-state index in [4.69, 9.17) is 4.98 Å². The Kier molecular flexibility index (Phi) is 5.92. The third-order valence-corrected chi connectivity index (χ3v) is 7.09. The fraction of sp³-hybridized carbons (Fsp3) is 0.370. The van der Waals surface area contributed by atoms with Gasteiger partial charge in [-0.3, -0.25) is 14.8 Å². The first-order valence-electron chi connectivity index (χ1n) is 11.7. The highest BCUT2D eigenvalue weighted by atomic mass is 19.1. The SMILES string of the molecule is O=C(N1CCC[C@H]1c1cncc(Cc2cccc(F)c2)n1)C1(c2ccccc2F)CCCC1. The predicted octanol–water partition coefficient (Wildman–Crippen LogP) is 5.52. The maximum absolute atomic E-state index is 14.8. The number of halogens is 2. The van der Waals surface area contributed by atoms with Crippen LogP contribution in [0.5, 0.6) is 0 Å². The molecule has 1 aliphatic heterocycles. The number of carbonyl (C=O) groups is 1. The van der Waals surface area contributed by atoms with Crippen LogP contribution in [0.3, 0.4) is 0 Å². The normalized spacial score (nSPS) is 19.7. The lowest BCUT2D eigenvalue weighted by Gasteiger charge is -2.36. The minimum absolute atomic E-state index is 0.00457. The number of hydrogen-bond acceptors (Lipinski definition) is 3. The van der Waals surface area contributed by atoms with Crippen LogP contribution >= 0.6 is 0 Å². The van der Waals surface area contributed by atoms with Crippen LogP contribution in [0.1, 0.15) is 67.1 Å². The molecule has 33 heavy (non-hydrogen) atoms. The highest BCUT2D eigenvalue weighted by Gasteiger charge is 2.48. The third kappa shape index (κ3) is 4.14. The minimum Gasteiger partial charge on any atom is -0.333 e. The topological polar surface area (TPSA) is 46.1 Å². The van der Waals surface area contributed by atoms with Gasteiger partial charge < -0.3 is 4.90 Å². The second-order valence-electron chi connectivity index (χ2n) is 9.17. The van der Waals surface area contributed by atoms with Crippen LogP contribution in [-0.4, -0.2) is 27.3 Å². The van der Waals surface area contributed by atoms with Crippen molar-refractivity contribution in [2.24, 2.45) is 0 Å². The first-order chi connectivity index (χ1) is 16.1. The molecule has 1 saturated heterocycles. The van der Waals surface area contributed by atoms with E-state index in [2.05, 4.69) is 4.98 Å². The smallest absolute Gasteiger partial charge is 0.233 e. The van der Waals surface area contributed by atoms with E-state index in [-0.39, 0.29) is 23.6 Å². The van der Waals surface area contributed by atoms with Crippen LogP contribution in [0.15, 0.2) is 60.9 Å². The Bertz CT molecular complexity index is 1160. The summed E-state index contributed by atoms with van der Waals surface area (Å²) in [6.45, 7) is 0.634. The van der Waals surface area contributed by atoms with Gasteiger partial charge in [0, 0.05) is 24.7 Å². The monoisotopic (exact) mass is 447 g/mol. The van der Waals surface area contributed by atoms with Crippen molar-refractivity contribution in [1.29, 1.82) is 0 Å². The van der Waals surface area contributed by atoms with Gasteiger partial charge in [0.05, 0.1) is 29.0 Å². The van der Waals surface area contributed by atoms with Crippen molar-refractivity contribution in [1.82, 2.24) is 14.9 Å². The van der Waals surface area contributed by atoms with Crippen LogP contribution in [0, 0.1) is 11.6 Å². The van der Waals surface area contributed by atoms with E-state index in [0.717, 1.165) is 42.6 Å². The van der Waals surface area contributed by atoms with E-state index in [9.17, 15) is 13.6 Å². The molecule has 0 spiro atoms. The van der Waals surface area contributed by atoms with Gasteiger partial charge in [-0.2, -0.15) is 0 Å². The second kappa shape index (κ2) is 9.00. The largest absolute Gasteiger partial charge is 0.333 e. The zero-order chi connectivity index (χ0) is 22.8. The Morgan fingerprint density at radius 1 is 1.03 bits per heavy atom. The van der Waals surface area contributed by atoms with Gasteiger partial charge in [-0.1, -0.05) is 43.2 Å². The van der Waals surface area contributed by atoms with Crippen LogP contribution in [0.2, 0.25) is 0 Å². The zero-order valence-electron chi connectivity index (χ0n) is 18.5. The molecule has 5 rings (SSSR count). The van der Waals surface area contributed by atoms with Gasteiger partial charge in [-0.05, 0) is 49.4 Å². The number of carbonyl (C=O) groups excluding carboxylic acids is 1. The van der Waals surface area contributed by atoms with Crippen LogP contribution in [0.25, 0.3) is 0 Å². The number of aromatic nitrogens is 2. The predicted molar refractivity (Wildman–Crippen MR) is 121 cm³/mol.